The third-order valence-corrected chi connectivity index (χ3v) is 6.95. The van der Waals surface area contributed by atoms with Gasteiger partial charge in [-0.1, -0.05) is 72.5 Å². The van der Waals surface area contributed by atoms with Gasteiger partial charge >= 0.3 is 0 Å². The Bertz CT molecular complexity index is 1260. The fourth-order valence-corrected chi connectivity index (χ4v) is 4.86. The molecular formula is C25H19Cl3N2O2S. The van der Waals surface area contributed by atoms with Crippen molar-refractivity contribution >= 4 is 69.8 Å². The Morgan fingerprint density at radius 2 is 1.45 bits per heavy atom. The Kier molecular flexibility index (Phi) is 7.05. The quantitative estimate of drug-likeness (QED) is 0.339. The number of hydrogen-bond acceptors (Lipinski definition) is 4. The summed E-state index contributed by atoms with van der Waals surface area (Å²) in [5.74, 6) is -0.578. The summed E-state index contributed by atoms with van der Waals surface area (Å²) in [4.78, 5) is 29.0. The predicted molar refractivity (Wildman–Crippen MR) is 137 cm³/mol. The zero-order valence-corrected chi connectivity index (χ0v) is 20.8. The van der Waals surface area contributed by atoms with Crippen LogP contribution >= 0.6 is 46.6 Å². The van der Waals surface area contributed by atoms with Crippen molar-refractivity contribution in [2.24, 2.45) is 0 Å². The van der Waals surface area contributed by atoms with Crippen LogP contribution in [0.3, 0.4) is 0 Å². The second-order valence-electron chi connectivity index (χ2n) is 7.70. The standard InChI is InChI=1S/C25H19Cl3N2O2S/c1-14(2)15-3-8-18(9-4-15)29-22-23(33-19-10-5-16(26)6-11-19)25(32)30(24(22)31)21-12-7-17(27)13-20(21)28/h3-14,29H,1-2H3. The van der Waals surface area contributed by atoms with Gasteiger partial charge < -0.3 is 5.32 Å². The van der Waals surface area contributed by atoms with Gasteiger partial charge in [-0.15, -0.1) is 0 Å². The number of benzene rings is 3. The van der Waals surface area contributed by atoms with Gasteiger partial charge in [0, 0.05) is 20.6 Å². The summed E-state index contributed by atoms with van der Waals surface area (Å²) >= 11 is 19.5. The van der Waals surface area contributed by atoms with E-state index in [4.69, 9.17) is 34.8 Å². The molecule has 0 saturated heterocycles. The molecule has 33 heavy (non-hydrogen) atoms. The van der Waals surface area contributed by atoms with Crippen molar-refractivity contribution < 1.29 is 9.59 Å². The highest BCUT2D eigenvalue weighted by Gasteiger charge is 2.41. The molecule has 0 bridgehead atoms. The van der Waals surface area contributed by atoms with Gasteiger partial charge in [-0.3, -0.25) is 9.59 Å². The first-order valence-electron chi connectivity index (χ1n) is 10.1. The fourth-order valence-electron chi connectivity index (χ4n) is 3.31. The van der Waals surface area contributed by atoms with Crippen molar-refractivity contribution in [3.05, 3.63) is 98.0 Å². The predicted octanol–water partition coefficient (Wildman–Crippen LogP) is 7.76. The van der Waals surface area contributed by atoms with Gasteiger partial charge in [-0.05, 0) is 66.1 Å². The van der Waals surface area contributed by atoms with Crippen molar-refractivity contribution in [2.75, 3.05) is 10.2 Å². The van der Waals surface area contributed by atoms with E-state index in [0.29, 0.717) is 21.7 Å². The third-order valence-electron chi connectivity index (χ3n) is 5.07. The van der Waals surface area contributed by atoms with Crippen LogP contribution in [-0.4, -0.2) is 11.8 Å². The largest absolute Gasteiger partial charge is 0.350 e. The van der Waals surface area contributed by atoms with Crippen LogP contribution in [0.2, 0.25) is 15.1 Å². The molecule has 0 saturated carbocycles. The third kappa shape index (κ3) is 5.07. The molecule has 168 valence electrons. The molecule has 0 spiro atoms. The number of carbonyl (C=O) groups is 2. The smallest absolute Gasteiger partial charge is 0.283 e. The van der Waals surface area contributed by atoms with Crippen LogP contribution in [0.1, 0.15) is 25.3 Å². The van der Waals surface area contributed by atoms with Crippen molar-refractivity contribution in [3.63, 3.8) is 0 Å². The van der Waals surface area contributed by atoms with Gasteiger partial charge in [-0.25, -0.2) is 4.90 Å². The number of nitrogens with zero attached hydrogens (tertiary/aromatic N) is 1. The Labute approximate surface area is 211 Å². The Morgan fingerprint density at radius 3 is 2.06 bits per heavy atom. The van der Waals surface area contributed by atoms with Crippen molar-refractivity contribution in [3.8, 4) is 0 Å². The summed E-state index contributed by atoms with van der Waals surface area (Å²) in [7, 11) is 0. The van der Waals surface area contributed by atoms with Crippen LogP contribution in [0.15, 0.2) is 82.2 Å². The van der Waals surface area contributed by atoms with Crippen LogP contribution in [0.5, 0.6) is 0 Å². The van der Waals surface area contributed by atoms with Gasteiger partial charge in [0.15, 0.2) is 0 Å². The van der Waals surface area contributed by atoms with E-state index in [1.807, 2.05) is 24.3 Å². The van der Waals surface area contributed by atoms with Crippen molar-refractivity contribution in [1.29, 1.82) is 0 Å². The van der Waals surface area contributed by atoms with E-state index in [-0.39, 0.29) is 21.3 Å². The number of nitrogens with one attached hydrogen (secondary N) is 1. The summed E-state index contributed by atoms with van der Waals surface area (Å²) in [6.07, 6.45) is 0. The maximum atomic E-state index is 13.4. The van der Waals surface area contributed by atoms with E-state index in [1.165, 1.54) is 23.4 Å². The summed E-state index contributed by atoms with van der Waals surface area (Å²) < 4.78 is 0. The molecule has 8 heteroatoms. The van der Waals surface area contributed by atoms with E-state index in [1.54, 1.807) is 36.4 Å². The van der Waals surface area contributed by atoms with Crippen molar-refractivity contribution in [1.82, 2.24) is 0 Å². The molecule has 1 N–H and O–H groups in total. The first-order valence-corrected chi connectivity index (χ1v) is 12.1. The van der Waals surface area contributed by atoms with Gasteiger partial charge in [0.25, 0.3) is 11.8 Å². The minimum atomic E-state index is -0.492. The number of rotatable bonds is 6. The zero-order chi connectivity index (χ0) is 23.7. The number of amides is 2. The first kappa shape index (κ1) is 23.7. The molecule has 2 amide bonds. The number of thioether (sulfide) groups is 1. The van der Waals surface area contributed by atoms with Crippen LogP contribution in [-0.2, 0) is 9.59 Å². The minimum Gasteiger partial charge on any atom is -0.350 e. The van der Waals surface area contributed by atoms with E-state index < -0.39 is 11.8 Å². The molecule has 3 aromatic carbocycles. The number of anilines is 2. The maximum Gasteiger partial charge on any atom is 0.283 e. The number of halogens is 3. The topological polar surface area (TPSA) is 49.4 Å². The molecule has 4 rings (SSSR count). The average Bonchev–Trinajstić information content (AvgIpc) is 3.00. The van der Waals surface area contributed by atoms with Crippen LogP contribution < -0.4 is 10.2 Å². The fraction of sp³-hybridized carbons (Fsp3) is 0.120. The van der Waals surface area contributed by atoms with Crippen LogP contribution in [0.4, 0.5) is 11.4 Å². The molecule has 1 heterocycles. The Hall–Kier alpha value is -2.44. The second kappa shape index (κ2) is 9.82. The molecule has 3 aromatic rings. The molecular weight excluding hydrogens is 499 g/mol. The molecule has 1 aliphatic heterocycles. The lowest BCUT2D eigenvalue weighted by atomic mass is 10.0. The average molecular weight is 518 g/mol. The lowest BCUT2D eigenvalue weighted by Crippen LogP contribution is -2.32. The molecule has 0 aliphatic carbocycles. The molecule has 0 aromatic heterocycles. The molecule has 0 fully saturated rings. The Morgan fingerprint density at radius 1 is 0.818 bits per heavy atom. The lowest BCUT2D eigenvalue weighted by Gasteiger charge is -2.17. The molecule has 0 atom stereocenters. The van der Waals surface area contributed by atoms with Gasteiger partial charge in [0.2, 0.25) is 0 Å². The Balaban J connectivity index is 1.73. The highest BCUT2D eigenvalue weighted by atomic mass is 35.5. The summed E-state index contributed by atoms with van der Waals surface area (Å²) in [6, 6.07) is 19.5. The van der Waals surface area contributed by atoms with E-state index in [2.05, 4.69) is 19.2 Å². The second-order valence-corrected chi connectivity index (χ2v) is 10.1. The van der Waals surface area contributed by atoms with Gasteiger partial charge in [0.05, 0.1) is 10.7 Å². The number of hydrogen-bond donors (Lipinski definition) is 1. The monoisotopic (exact) mass is 516 g/mol. The lowest BCUT2D eigenvalue weighted by molar-refractivity contribution is -0.120. The van der Waals surface area contributed by atoms with Crippen molar-refractivity contribution in [2.45, 2.75) is 24.7 Å². The number of imide groups is 1. The van der Waals surface area contributed by atoms with E-state index in [0.717, 1.165) is 9.80 Å². The number of carbonyl (C=O) groups excluding carboxylic acids is 2. The van der Waals surface area contributed by atoms with Crippen LogP contribution in [0, 0.1) is 0 Å². The summed E-state index contributed by atoms with van der Waals surface area (Å²) in [5.41, 5.74) is 2.34. The van der Waals surface area contributed by atoms with E-state index >= 15 is 0 Å². The highest BCUT2D eigenvalue weighted by molar-refractivity contribution is 8.04. The normalized spacial score (nSPS) is 13.9. The molecule has 0 unspecified atom stereocenters. The summed E-state index contributed by atoms with van der Waals surface area (Å²) in [5, 5.41) is 4.36. The first-order chi connectivity index (χ1) is 15.7. The molecule has 1 aliphatic rings. The molecule has 4 nitrogen and oxygen atoms in total. The molecule has 0 radical (unpaired) electrons. The SMILES string of the molecule is CC(C)c1ccc(NC2=C(Sc3ccc(Cl)cc3)C(=O)N(c3ccc(Cl)cc3Cl)C2=O)cc1. The maximum absolute atomic E-state index is 13.4. The van der Waals surface area contributed by atoms with Crippen LogP contribution in [0.25, 0.3) is 0 Å². The van der Waals surface area contributed by atoms with Gasteiger partial charge in [0.1, 0.15) is 10.6 Å². The van der Waals surface area contributed by atoms with Gasteiger partial charge in [-0.2, -0.15) is 0 Å². The summed E-state index contributed by atoms with van der Waals surface area (Å²) in [6.45, 7) is 4.22. The minimum absolute atomic E-state index is 0.184. The van der Waals surface area contributed by atoms with E-state index in [9.17, 15) is 9.59 Å². The highest BCUT2D eigenvalue weighted by Crippen LogP contribution is 2.40. The zero-order valence-electron chi connectivity index (χ0n) is 17.7.